The van der Waals surface area contributed by atoms with Crippen molar-refractivity contribution in [2.24, 2.45) is 14.1 Å². The minimum Gasteiger partial charge on any atom is -0.302 e. The number of aromatic nitrogens is 2. The molecule has 146 valence electrons. The SMILES string of the molecule is Cn1cc(S(=O)(=O)NC2(Cc3ccc(Cl)cc3Cl)CCC2)c(=O)n(C)c1=O. The molecule has 0 saturated heterocycles. The van der Waals surface area contributed by atoms with Crippen LogP contribution in [0.5, 0.6) is 0 Å². The van der Waals surface area contributed by atoms with Gasteiger partial charge >= 0.3 is 5.69 Å². The van der Waals surface area contributed by atoms with E-state index in [-0.39, 0.29) is 0 Å². The molecule has 0 spiro atoms. The number of rotatable bonds is 5. The van der Waals surface area contributed by atoms with E-state index in [1.807, 2.05) is 0 Å². The Bertz CT molecular complexity index is 1120. The van der Waals surface area contributed by atoms with Crippen molar-refractivity contribution in [3.8, 4) is 0 Å². The summed E-state index contributed by atoms with van der Waals surface area (Å²) in [6.45, 7) is 0. The molecule has 1 aliphatic carbocycles. The molecule has 1 saturated carbocycles. The van der Waals surface area contributed by atoms with Gasteiger partial charge in [-0.1, -0.05) is 29.3 Å². The lowest BCUT2D eigenvalue weighted by molar-refractivity contribution is 0.220. The Hall–Kier alpha value is -1.61. The minimum atomic E-state index is -4.12. The molecule has 0 radical (unpaired) electrons. The lowest BCUT2D eigenvalue weighted by atomic mass is 9.74. The minimum absolute atomic E-state index is 0.383. The molecular weight excluding hydrogens is 413 g/mol. The maximum atomic E-state index is 12.9. The quantitative estimate of drug-likeness (QED) is 0.781. The van der Waals surface area contributed by atoms with E-state index in [0.29, 0.717) is 29.3 Å². The summed E-state index contributed by atoms with van der Waals surface area (Å²) in [4.78, 5) is 23.7. The van der Waals surface area contributed by atoms with E-state index >= 15 is 0 Å². The van der Waals surface area contributed by atoms with Gasteiger partial charge < -0.3 is 4.57 Å². The van der Waals surface area contributed by atoms with E-state index < -0.39 is 31.7 Å². The number of hydrogen-bond donors (Lipinski definition) is 1. The molecule has 0 bridgehead atoms. The molecule has 0 unspecified atom stereocenters. The summed E-state index contributed by atoms with van der Waals surface area (Å²) in [5.74, 6) is 0. The molecule has 2 aromatic rings. The summed E-state index contributed by atoms with van der Waals surface area (Å²) in [5, 5.41) is 0.965. The smallest absolute Gasteiger partial charge is 0.302 e. The number of nitrogens with one attached hydrogen (secondary N) is 1. The maximum absolute atomic E-state index is 12.9. The van der Waals surface area contributed by atoms with Crippen LogP contribution in [0.2, 0.25) is 10.0 Å². The number of benzene rings is 1. The average Bonchev–Trinajstić information content (AvgIpc) is 2.56. The molecule has 3 rings (SSSR count). The van der Waals surface area contributed by atoms with Crippen molar-refractivity contribution in [1.29, 1.82) is 0 Å². The summed E-state index contributed by atoms with van der Waals surface area (Å²) in [7, 11) is -1.48. The summed E-state index contributed by atoms with van der Waals surface area (Å²) in [5.41, 5.74) is -1.40. The predicted octanol–water partition coefficient (Wildman–Crippen LogP) is 1.83. The normalized spacial score (nSPS) is 16.1. The van der Waals surface area contributed by atoms with Crippen molar-refractivity contribution in [3.05, 3.63) is 60.8 Å². The van der Waals surface area contributed by atoms with Crippen molar-refractivity contribution in [2.75, 3.05) is 0 Å². The van der Waals surface area contributed by atoms with Gasteiger partial charge in [0.1, 0.15) is 0 Å². The first-order valence-electron chi connectivity index (χ1n) is 8.29. The number of hydrogen-bond acceptors (Lipinski definition) is 4. The van der Waals surface area contributed by atoms with Crippen LogP contribution < -0.4 is 16.0 Å². The second-order valence-corrected chi connectivity index (χ2v) is 9.40. The van der Waals surface area contributed by atoms with Gasteiger partial charge in [-0.15, -0.1) is 0 Å². The van der Waals surface area contributed by atoms with E-state index in [0.717, 1.165) is 27.3 Å². The molecule has 10 heteroatoms. The Labute approximate surface area is 166 Å². The average molecular weight is 432 g/mol. The van der Waals surface area contributed by atoms with Crippen molar-refractivity contribution in [1.82, 2.24) is 13.9 Å². The highest BCUT2D eigenvalue weighted by molar-refractivity contribution is 7.89. The van der Waals surface area contributed by atoms with Crippen LogP contribution in [-0.4, -0.2) is 23.1 Å². The molecule has 0 amide bonds. The lowest BCUT2D eigenvalue weighted by Crippen LogP contribution is -2.56. The lowest BCUT2D eigenvalue weighted by Gasteiger charge is -2.42. The zero-order valence-electron chi connectivity index (χ0n) is 14.8. The van der Waals surface area contributed by atoms with Crippen LogP contribution in [0.15, 0.2) is 38.9 Å². The Morgan fingerprint density at radius 2 is 1.85 bits per heavy atom. The number of sulfonamides is 1. The Kier molecular flexibility index (Phi) is 5.28. The third-order valence-corrected chi connectivity index (χ3v) is 7.06. The number of aryl methyl sites for hydroxylation is 1. The third kappa shape index (κ3) is 3.85. The van der Waals surface area contributed by atoms with Crippen LogP contribution in [0.4, 0.5) is 0 Å². The van der Waals surface area contributed by atoms with Crippen LogP contribution in [0.1, 0.15) is 24.8 Å². The predicted molar refractivity (Wildman–Crippen MR) is 104 cm³/mol. The number of halogens is 2. The van der Waals surface area contributed by atoms with E-state index in [2.05, 4.69) is 4.72 Å². The van der Waals surface area contributed by atoms with E-state index in [1.165, 1.54) is 14.1 Å². The van der Waals surface area contributed by atoms with Crippen molar-refractivity contribution in [2.45, 2.75) is 36.1 Å². The largest absolute Gasteiger partial charge is 0.330 e. The van der Waals surface area contributed by atoms with Gasteiger partial charge in [0.25, 0.3) is 5.56 Å². The molecule has 0 atom stereocenters. The second kappa shape index (κ2) is 7.09. The molecule has 1 heterocycles. The fourth-order valence-electron chi connectivity index (χ4n) is 3.25. The Balaban J connectivity index is 1.96. The Morgan fingerprint density at radius 1 is 1.19 bits per heavy atom. The van der Waals surface area contributed by atoms with Crippen LogP contribution in [0, 0.1) is 0 Å². The van der Waals surface area contributed by atoms with Gasteiger partial charge in [0, 0.05) is 35.9 Å². The first-order chi connectivity index (χ1) is 12.5. The van der Waals surface area contributed by atoms with Crippen LogP contribution >= 0.6 is 23.2 Å². The number of nitrogens with zero attached hydrogens (tertiary/aromatic N) is 2. The molecular formula is C17H19Cl2N3O4S. The van der Waals surface area contributed by atoms with E-state index in [4.69, 9.17) is 23.2 Å². The van der Waals surface area contributed by atoms with Crippen LogP contribution in [0.25, 0.3) is 0 Å². The highest BCUT2D eigenvalue weighted by Crippen LogP contribution is 2.38. The van der Waals surface area contributed by atoms with Gasteiger partial charge in [0.05, 0.1) is 0 Å². The van der Waals surface area contributed by atoms with Gasteiger partial charge in [-0.25, -0.2) is 17.9 Å². The first-order valence-corrected chi connectivity index (χ1v) is 10.5. The van der Waals surface area contributed by atoms with Gasteiger partial charge in [-0.3, -0.25) is 9.36 Å². The molecule has 0 aliphatic heterocycles. The van der Waals surface area contributed by atoms with Crippen molar-refractivity contribution < 1.29 is 8.42 Å². The van der Waals surface area contributed by atoms with Crippen molar-refractivity contribution >= 4 is 33.2 Å². The first kappa shape index (κ1) is 20.1. The molecule has 1 aromatic carbocycles. The van der Waals surface area contributed by atoms with Gasteiger partial charge in [0.15, 0.2) is 4.90 Å². The highest BCUT2D eigenvalue weighted by atomic mass is 35.5. The molecule has 1 N–H and O–H groups in total. The summed E-state index contributed by atoms with van der Waals surface area (Å²) < 4.78 is 30.3. The zero-order chi connectivity index (χ0) is 20.0. The summed E-state index contributed by atoms with van der Waals surface area (Å²) >= 11 is 12.2. The van der Waals surface area contributed by atoms with E-state index in [1.54, 1.807) is 18.2 Å². The highest BCUT2D eigenvalue weighted by Gasteiger charge is 2.42. The standard InChI is InChI=1S/C17H19Cl2N3O4S/c1-21-10-14(15(23)22(2)16(21)24)27(25,26)20-17(6-3-7-17)9-11-4-5-12(18)8-13(11)19/h4-5,8,10,20H,3,6-7,9H2,1-2H3. The third-order valence-electron chi connectivity index (χ3n) is 4.91. The van der Waals surface area contributed by atoms with Gasteiger partial charge in [0.2, 0.25) is 10.0 Å². The fourth-order valence-corrected chi connectivity index (χ4v) is 5.34. The van der Waals surface area contributed by atoms with E-state index in [9.17, 15) is 18.0 Å². The van der Waals surface area contributed by atoms with Crippen LogP contribution in [-0.2, 0) is 30.5 Å². The van der Waals surface area contributed by atoms with Crippen molar-refractivity contribution in [3.63, 3.8) is 0 Å². The monoisotopic (exact) mass is 431 g/mol. The fraction of sp³-hybridized carbons (Fsp3) is 0.412. The maximum Gasteiger partial charge on any atom is 0.330 e. The Morgan fingerprint density at radius 3 is 2.41 bits per heavy atom. The summed E-state index contributed by atoms with van der Waals surface area (Å²) in [6, 6.07) is 5.08. The van der Waals surface area contributed by atoms with Gasteiger partial charge in [-0.2, -0.15) is 0 Å². The zero-order valence-corrected chi connectivity index (χ0v) is 17.2. The molecule has 27 heavy (non-hydrogen) atoms. The second-order valence-electron chi connectivity index (χ2n) is 6.90. The summed E-state index contributed by atoms with van der Waals surface area (Å²) in [6.07, 6.45) is 3.54. The van der Waals surface area contributed by atoms with Gasteiger partial charge in [-0.05, 0) is 43.4 Å². The molecule has 1 fully saturated rings. The molecule has 1 aliphatic rings. The topological polar surface area (TPSA) is 90.2 Å². The molecule has 1 aromatic heterocycles. The molecule has 7 nitrogen and oxygen atoms in total. The van der Waals surface area contributed by atoms with Crippen LogP contribution in [0.3, 0.4) is 0 Å².